The number of nitrogen functional groups attached to an aromatic ring is 1. The number of rotatable bonds is 9. The average Bonchev–Trinajstić information content (AvgIpc) is 3.50. The minimum absolute atomic E-state index is 0.0165. The number of methoxy groups -OCH3 is 2. The Morgan fingerprint density at radius 2 is 1.97 bits per heavy atom. The molecule has 0 spiro atoms. The van der Waals surface area contributed by atoms with Gasteiger partial charge in [-0.3, -0.25) is 4.79 Å². The number of anilines is 1. The van der Waals surface area contributed by atoms with Crippen LogP contribution in [0.15, 0.2) is 52.2 Å². The maximum absolute atomic E-state index is 13.0. The predicted molar refractivity (Wildman–Crippen MR) is 125 cm³/mol. The van der Waals surface area contributed by atoms with Gasteiger partial charge in [0.25, 0.3) is 5.91 Å². The lowest BCUT2D eigenvalue weighted by atomic mass is 10.1. The van der Waals surface area contributed by atoms with Crippen molar-refractivity contribution in [2.45, 2.75) is 6.92 Å². The smallest absolute Gasteiger partial charge is 0.294 e. The number of benzene rings is 2. The lowest BCUT2D eigenvalue weighted by Crippen LogP contribution is -2.19. The second-order valence-corrected chi connectivity index (χ2v) is 6.91. The zero-order valence-electron chi connectivity index (χ0n) is 19.1. The van der Waals surface area contributed by atoms with Crippen molar-refractivity contribution in [3.8, 4) is 34.3 Å². The Morgan fingerprint density at radius 1 is 1.17 bits per heavy atom. The van der Waals surface area contributed by atoms with Crippen LogP contribution < -0.4 is 25.4 Å². The zero-order valence-corrected chi connectivity index (χ0v) is 19.1. The van der Waals surface area contributed by atoms with E-state index in [0.717, 1.165) is 0 Å². The number of amides is 1. The summed E-state index contributed by atoms with van der Waals surface area (Å²) in [7, 11) is 3.04. The molecule has 0 saturated carbocycles. The summed E-state index contributed by atoms with van der Waals surface area (Å²) in [6.07, 6.45) is 1.43. The molecule has 4 aromatic rings. The number of aromatic nitrogens is 5. The van der Waals surface area contributed by atoms with Crippen molar-refractivity contribution < 1.29 is 23.6 Å². The van der Waals surface area contributed by atoms with Crippen molar-refractivity contribution in [3.63, 3.8) is 0 Å². The van der Waals surface area contributed by atoms with Crippen molar-refractivity contribution in [2.75, 3.05) is 26.6 Å². The van der Waals surface area contributed by atoms with Crippen LogP contribution in [-0.2, 0) is 0 Å². The average molecular weight is 478 g/mol. The van der Waals surface area contributed by atoms with E-state index in [9.17, 15) is 4.79 Å². The zero-order chi connectivity index (χ0) is 24.8. The first kappa shape index (κ1) is 23.2. The first-order chi connectivity index (χ1) is 17.1. The van der Waals surface area contributed by atoms with Crippen LogP contribution in [0.25, 0.3) is 17.1 Å². The van der Waals surface area contributed by atoms with E-state index in [1.54, 1.807) is 42.5 Å². The fourth-order valence-electron chi connectivity index (χ4n) is 3.28. The molecule has 0 aliphatic heterocycles. The standard InChI is InChI=1S/C22H22N8O5/c1-4-34-15-10-8-13(9-11-15)18-17(25-29-30(18)21-20(23)27-35-28-21)22(31)26-24-12-14-6-5-7-16(32-2)19(14)33-3/h5-12H,4H2,1-3H3,(H2,23,27)(H,26,31). The summed E-state index contributed by atoms with van der Waals surface area (Å²) in [5, 5.41) is 19.4. The third kappa shape index (κ3) is 4.73. The number of hydrazone groups is 1. The second-order valence-electron chi connectivity index (χ2n) is 6.91. The van der Waals surface area contributed by atoms with Gasteiger partial charge in [0.2, 0.25) is 11.6 Å². The summed E-state index contributed by atoms with van der Waals surface area (Å²) in [4.78, 5) is 13.0. The maximum Gasteiger partial charge on any atom is 0.294 e. The SMILES string of the molecule is CCOc1ccc(-c2c(C(=O)NN=Cc3cccc(OC)c3OC)nnn2-c2nonc2N)cc1. The van der Waals surface area contributed by atoms with Crippen molar-refractivity contribution in [2.24, 2.45) is 5.10 Å². The third-order valence-electron chi connectivity index (χ3n) is 4.82. The molecule has 0 bridgehead atoms. The largest absolute Gasteiger partial charge is 0.494 e. The number of ether oxygens (including phenoxy) is 3. The Balaban J connectivity index is 1.67. The molecule has 0 saturated heterocycles. The van der Waals surface area contributed by atoms with Crippen LogP contribution in [0.1, 0.15) is 23.0 Å². The minimum Gasteiger partial charge on any atom is -0.494 e. The van der Waals surface area contributed by atoms with Crippen molar-refractivity contribution in [3.05, 3.63) is 53.7 Å². The first-order valence-electron chi connectivity index (χ1n) is 10.4. The molecule has 4 rings (SSSR count). The molecular formula is C22H22N8O5. The van der Waals surface area contributed by atoms with Crippen LogP contribution in [0.4, 0.5) is 5.82 Å². The topological polar surface area (TPSA) is 165 Å². The monoisotopic (exact) mass is 478 g/mol. The number of nitrogens with one attached hydrogen (secondary N) is 1. The first-order valence-corrected chi connectivity index (χ1v) is 10.4. The third-order valence-corrected chi connectivity index (χ3v) is 4.82. The Hall–Kier alpha value is -4.94. The van der Waals surface area contributed by atoms with Crippen LogP contribution >= 0.6 is 0 Å². The predicted octanol–water partition coefficient (Wildman–Crippen LogP) is 2.08. The minimum atomic E-state index is -0.617. The van der Waals surface area contributed by atoms with Crippen LogP contribution in [-0.4, -0.2) is 58.3 Å². The summed E-state index contributed by atoms with van der Waals surface area (Å²) in [6.45, 7) is 2.40. The van der Waals surface area contributed by atoms with Crippen molar-refractivity contribution >= 4 is 17.9 Å². The molecule has 35 heavy (non-hydrogen) atoms. The van der Waals surface area contributed by atoms with Gasteiger partial charge in [0, 0.05) is 11.1 Å². The Bertz CT molecular complexity index is 1350. The molecule has 0 fully saturated rings. The fraction of sp³-hybridized carbons (Fsp3) is 0.182. The van der Waals surface area contributed by atoms with Gasteiger partial charge in [0.1, 0.15) is 11.4 Å². The van der Waals surface area contributed by atoms with Crippen LogP contribution in [0.5, 0.6) is 17.2 Å². The number of para-hydroxylation sites is 1. The van der Waals surface area contributed by atoms with Crippen molar-refractivity contribution in [1.82, 2.24) is 30.7 Å². The molecular weight excluding hydrogens is 456 g/mol. The highest BCUT2D eigenvalue weighted by atomic mass is 16.6. The van der Waals surface area contributed by atoms with E-state index in [-0.39, 0.29) is 17.3 Å². The molecule has 0 aliphatic rings. The number of carbonyl (C=O) groups excluding carboxylic acids is 1. The van der Waals surface area contributed by atoms with Gasteiger partial charge < -0.3 is 19.9 Å². The van der Waals surface area contributed by atoms with E-state index in [2.05, 4.69) is 35.8 Å². The molecule has 13 nitrogen and oxygen atoms in total. The van der Waals surface area contributed by atoms with E-state index >= 15 is 0 Å². The second kappa shape index (κ2) is 10.3. The van der Waals surface area contributed by atoms with Gasteiger partial charge in [0.15, 0.2) is 17.2 Å². The number of nitrogens with zero attached hydrogens (tertiary/aromatic N) is 6. The number of hydrogen-bond donors (Lipinski definition) is 2. The van der Waals surface area contributed by atoms with Crippen LogP contribution in [0.3, 0.4) is 0 Å². The molecule has 0 aliphatic carbocycles. The molecule has 13 heteroatoms. The molecule has 0 unspecified atom stereocenters. The normalized spacial score (nSPS) is 10.9. The van der Waals surface area contributed by atoms with Gasteiger partial charge in [-0.05, 0) is 53.6 Å². The highest BCUT2D eigenvalue weighted by Gasteiger charge is 2.25. The van der Waals surface area contributed by atoms with E-state index < -0.39 is 5.91 Å². The van der Waals surface area contributed by atoms with E-state index in [4.69, 9.17) is 19.9 Å². The number of carbonyl (C=O) groups is 1. The molecule has 2 aromatic carbocycles. The van der Waals surface area contributed by atoms with E-state index in [1.807, 2.05) is 6.92 Å². The highest BCUT2D eigenvalue weighted by molar-refractivity contribution is 5.99. The number of hydrogen-bond acceptors (Lipinski definition) is 11. The maximum atomic E-state index is 13.0. The van der Waals surface area contributed by atoms with Crippen molar-refractivity contribution in [1.29, 1.82) is 0 Å². The lowest BCUT2D eigenvalue weighted by Gasteiger charge is -2.09. The van der Waals surface area contributed by atoms with E-state index in [0.29, 0.717) is 40.7 Å². The quantitative estimate of drug-likeness (QED) is 0.269. The molecule has 2 heterocycles. The van der Waals surface area contributed by atoms with E-state index in [1.165, 1.54) is 25.1 Å². The fourth-order valence-corrected chi connectivity index (χ4v) is 3.28. The molecule has 3 N–H and O–H groups in total. The summed E-state index contributed by atoms with van der Waals surface area (Å²) >= 11 is 0. The summed E-state index contributed by atoms with van der Waals surface area (Å²) in [6, 6.07) is 12.3. The summed E-state index contributed by atoms with van der Waals surface area (Å²) in [5.41, 5.74) is 9.78. The van der Waals surface area contributed by atoms with Gasteiger partial charge in [-0.25, -0.2) is 10.1 Å². The van der Waals surface area contributed by atoms with Gasteiger partial charge in [0.05, 0.1) is 27.0 Å². The Morgan fingerprint density at radius 3 is 2.63 bits per heavy atom. The van der Waals surface area contributed by atoms with Gasteiger partial charge in [-0.15, -0.1) is 5.10 Å². The number of nitrogens with two attached hydrogens (primary N) is 1. The van der Waals surface area contributed by atoms with Gasteiger partial charge in [-0.1, -0.05) is 11.3 Å². The Labute approximate surface area is 199 Å². The molecule has 1 amide bonds. The molecule has 0 atom stereocenters. The summed E-state index contributed by atoms with van der Waals surface area (Å²) in [5.74, 6) is 1.13. The molecule has 0 radical (unpaired) electrons. The van der Waals surface area contributed by atoms with Gasteiger partial charge in [-0.2, -0.15) is 9.78 Å². The van der Waals surface area contributed by atoms with Gasteiger partial charge >= 0.3 is 0 Å². The van der Waals surface area contributed by atoms with Crippen LogP contribution in [0.2, 0.25) is 0 Å². The lowest BCUT2D eigenvalue weighted by molar-refractivity contribution is 0.0950. The molecule has 2 aromatic heterocycles. The highest BCUT2D eigenvalue weighted by Crippen LogP contribution is 2.30. The molecule has 180 valence electrons. The summed E-state index contributed by atoms with van der Waals surface area (Å²) < 4.78 is 22.1. The van der Waals surface area contributed by atoms with Crippen LogP contribution in [0, 0.1) is 0 Å². The Kier molecular flexibility index (Phi) is 6.86.